The number of rotatable bonds is 0. The van der Waals surface area contributed by atoms with Crippen molar-refractivity contribution in [2.24, 2.45) is 0 Å². The van der Waals surface area contributed by atoms with Crippen molar-refractivity contribution in [3.63, 3.8) is 0 Å². The van der Waals surface area contributed by atoms with Crippen LogP contribution in [0.3, 0.4) is 0 Å². The number of hydrogen-bond donors (Lipinski definition) is 0. The van der Waals surface area contributed by atoms with Gasteiger partial charge in [-0.1, -0.05) is 72.8 Å². The van der Waals surface area contributed by atoms with E-state index in [1.54, 1.807) is 0 Å². The standard InChI is InChI=1S/2C13H9.C2H6Si.2CH3O.Ti/c2*1-3-7-12-10(5-1)9-11-6-2-4-8-13(11)12;1-3-2;2*1-2;/h2*1-9H;1-2H3;2*1H3;/q2*-1;;2*-1;+2. The second-order valence-corrected chi connectivity index (χ2v) is 14.3. The van der Waals surface area contributed by atoms with Crippen molar-refractivity contribution in [3.8, 4) is 0 Å². The molecule has 0 aliphatic heterocycles. The molecule has 0 radical (unpaired) electrons. The molecule has 0 saturated heterocycles. The van der Waals surface area contributed by atoms with E-state index in [4.69, 9.17) is 10.2 Å². The molecule has 0 aromatic heterocycles. The number of fused-ring (bicyclic) bond motifs is 6. The maximum atomic E-state index is 8.25. The molecule has 0 aliphatic rings. The van der Waals surface area contributed by atoms with E-state index in [1.165, 1.54) is 43.1 Å². The van der Waals surface area contributed by atoms with Gasteiger partial charge in [0.1, 0.15) is 0 Å². The Morgan fingerprint density at radius 1 is 0.471 bits per heavy atom. The molecule has 2 nitrogen and oxygen atoms in total. The van der Waals surface area contributed by atoms with Crippen LogP contribution in [-0.4, -0.2) is 20.4 Å². The van der Waals surface area contributed by atoms with Crippen molar-refractivity contribution in [1.82, 2.24) is 0 Å². The van der Waals surface area contributed by atoms with Crippen LogP contribution in [0.1, 0.15) is 0 Å². The largest absolute Gasteiger partial charge is 0.126 e. The normalized spacial score (nSPS) is 9.65. The van der Waals surface area contributed by atoms with Crippen LogP contribution in [0.25, 0.3) is 43.1 Å². The molecule has 0 fully saturated rings. The van der Waals surface area contributed by atoms with Crippen molar-refractivity contribution >= 4 is 49.3 Å². The van der Waals surface area contributed by atoms with Crippen molar-refractivity contribution in [1.29, 1.82) is 0 Å². The van der Waals surface area contributed by atoms with Gasteiger partial charge >= 0.3 is 38.5 Å². The summed E-state index contributed by atoms with van der Waals surface area (Å²) < 4.78 is 0. The van der Waals surface area contributed by atoms with E-state index < -0.39 is 0 Å². The summed E-state index contributed by atoms with van der Waals surface area (Å²) in [6, 6.07) is 38.5. The summed E-state index contributed by atoms with van der Waals surface area (Å²) in [5.41, 5.74) is 0. The molecule has 0 heterocycles. The molecule has 0 aliphatic carbocycles. The fourth-order valence-corrected chi connectivity index (χ4v) is 3.81. The summed E-state index contributed by atoms with van der Waals surface area (Å²) in [6.45, 7) is 4.54. The predicted octanol–water partition coefficient (Wildman–Crippen LogP) is 6.16. The van der Waals surface area contributed by atoms with E-state index in [0.717, 1.165) is 14.2 Å². The molecular formula is C30H30O2SiTi-2. The van der Waals surface area contributed by atoms with Gasteiger partial charge in [-0.15, -0.1) is 79.5 Å². The first-order chi connectivity index (χ1) is 16.6. The smallest absolute Gasteiger partial charge is 0.0771 e. The maximum Gasteiger partial charge on any atom is -0.0771 e. The molecule has 0 N–H and O–H groups in total. The molecule has 0 saturated carbocycles. The Kier molecular flexibility index (Phi) is 12.0. The summed E-state index contributed by atoms with van der Waals surface area (Å²) in [6.07, 6.45) is 0.120. The van der Waals surface area contributed by atoms with Gasteiger partial charge in [-0.3, -0.25) is 0 Å². The third kappa shape index (κ3) is 7.23. The quantitative estimate of drug-likeness (QED) is 0.186. The Morgan fingerprint density at radius 3 is 0.853 bits per heavy atom. The van der Waals surface area contributed by atoms with Gasteiger partial charge in [0.25, 0.3) is 0 Å². The number of hydrogen-bond acceptors (Lipinski definition) is 2. The second kappa shape index (κ2) is 14.7. The molecule has 6 rings (SSSR count). The average Bonchev–Trinajstić information content (AvgIpc) is 3.45. The zero-order valence-electron chi connectivity index (χ0n) is 20.2. The van der Waals surface area contributed by atoms with Gasteiger partial charge < -0.3 is 10.2 Å². The maximum absolute atomic E-state index is 8.25. The van der Waals surface area contributed by atoms with Gasteiger partial charge in [-0.25, -0.2) is 0 Å². The molecule has 172 valence electrons. The minimum atomic E-state index is 0.120. The Labute approximate surface area is 214 Å². The van der Waals surface area contributed by atoms with Crippen LogP contribution in [0.5, 0.6) is 0 Å². The van der Waals surface area contributed by atoms with E-state index in [1.807, 2.05) is 0 Å². The third-order valence-electron chi connectivity index (χ3n) is 5.05. The molecule has 0 spiro atoms. The molecule has 0 unspecified atom stereocenters. The first kappa shape index (κ1) is 27.7. The second-order valence-electron chi connectivity index (χ2n) is 7.64. The fourth-order valence-electron chi connectivity index (χ4n) is 3.81. The molecule has 6 aromatic rings. The topological polar surface area (TPSA) is 46.1 Å². The third-order valence-corrected chi connectivity index (χ3v) is 5.05. The van der Waals surface area contributed by atoms with Gasteiger partial charge in [0.2, 0.25) is 0 Å². The van der Waals surface area contributed by atoms with Crippen molar-refractivity contribution in [2.75, 3.05) is 14.2 Å². The van der Waals surface area contributed by atoms with E-state index in [-0.39, 0.29) is 6.19 Å². The van der Waals surface area contributed by atoms with E-state index in [2.05, 4.69) is 141 Å². The van der Waals surface area contributed by atoms with Crippen LogP contribution in [0.2, 0.25) is 13.1 Å². The van der Waals surface area contributed by atoms with Crippen LogP contribution in [0, 0.1) is 0 Å². The van der Waals surface area contributed by atoms with Gasteiger partial charge in [0, 0.05) is 0 Å². The molecule has 4 heteroatoms. The molecule has 6 aromatic carbocycles. The Morgan fingerprint density at radius 2 is 0.647 bits per heavy atom. The molecule has 0 atom stereocenters. The Balaban J connectivity index is 0.000000186. The molecule has 0 bridgehead atoms. The molecule has 0 amide bonds. The predicted molar refractivity (Wildman–Crippen MR) is 143 cm³/mol. The van der Waals surface area contributed by atoms with Crippen LogP contribution in [0.15, 0.2) is 109 Å². The summed E-state index contributed by atoms with van der Waals surface area (Å²) in [5.74, 6) is 0. The monoisotopic (exact) mass is 498 g/mol. The van der Waals surface area contributed by atoms with Crippen LogP contribution < -0.4 is 10.2 Å². The molecular weight excluding hydrogens is 468 g/mol. The Bertz CT molecular complexity index is 1240. The summed E-state index contributed by atoms with van der Waals surface area (Å²) in [5, 5.41) is 27.3. The van der Waals surface area contributed by atoms with Crippen LogP contribution >= 0.6 is 0 Å². The van der Waals surface area contributed by atoms with Crippen molar-refractivity contribution < 1.29 is 29.4 Å². The Hall–Kier alpha value is -2.53. The van der Waals surface area contributed by atoms with E-state index >= 15 is 0 Å². The van der Waals surface area contributed by atoms with Gasteiger partial charge in [0.15, 0.2) is 0 Å². The average molecular weight is 499 g/mol. The summed E-state index contributed by atoms with van der Waals surface area (Å²) in [7, 11) is 1.50. The minimum absolute atomic E-state index is 0.120. The SMILES string of the molecule is C[O-].C[O-].C[Si](C)=[Ti+2].c1ccc2c(c1)[cH-]c1ccccc12.c1ccc2c(c1)[cH-]c1ccccc12. The molecule has 34 heavy (non-hydrogen) atoms. The van der Waals surface area contributed by atoms with Crippen LogP contribution in [0.4, 0.5) is 0 Å². The first-order valence-electron chi connectivity index (χ1n) is 11.0. The zero-order chi connectivity index (χ0) is 24.9. The van der Waals surface area contributed by atoms with Gasteiger partial charge in [0.05, 0.1) is 0 Å². The summed E-state index contributed by atoms with van der Waals surface area (Å²) >= 11 is 2.27. The minimum Gasteiger partial charge on any atom is -0.126 e. The van der Waals surface area contributed by atoms with Gasteiger partial charge in [-0.05, 0) is 0 Å². The van der Waals surface area contributed by atoms with Crippen LogP contribution in [-0.2, 0) is 19.2 Å². The summed E-state index contributed by atoms with van der Waals surface area (Å²) in [4.78, 5) is 0. The zero-order valence-corrected chi connectivity index (χ0v) is 22.8. The van der Waals surface area contributed by atoms with Crippen molar-refractivity contribution in [3.05, 3.63) is 109 Å². The number of benzene rings is 4. The first-order valence-corrected chi connectivity index (χ1v) is 15.9. The van der Waals surface area contributed by atoms with Crippen molar-refractivity contribution in [2.45, 2.75) is 13.1 Å². The fraction of sp³-hybridized carbons (Fsp3) is 0.133. The van der Waals surface area contributed by atoms with E-state index in [0.29, 0.717) is 0 Å². The van der Waals surface area contributed by atoms with E-state index in [9.17, 15) is 0 Å². The van der Waals surface area contributed by atoms with Gasteiger partial charge in [-0.2, -0.15) is 14.2 Å².